The molecule has 7 nitrogen and oxygen atoms in total. The van der Waals surface area contributed by atoms with E-state index in [-0.39, 0.29) is 16.7 Å². The average molecular weight is 1210 g/mol. The van der Waals surface area contributed by atoms with Crippen LogP contribution in [0.15, 0.2) is 297 Å². The molecule has 0 amide bonds. The van der Waals surface area contributed by atoms with Gasteiger partial charge in [-0.2, -0.15) is 5.26 Å². The van der Waals surface area contributed by atoms with Gasteiger partial charge in [-0.3, -0.25) is 0 Å². The lowest BCUT2D eigenvalue weighted by Crippen LogP contribution is -2.08. The van der Waals surface area contributed by atoms with Crippen molar-refractivity contribution >= 4 is 131 Å². The van der Waals surface area contributed by atoms with Crippen LogP contribution < -0.4 is 0 Å². The molecule has 20 rings (SSSR count). The summed E-state index contributed by atoms with van der Waals surface area (Å²) in [6.07, 6.45) is 0. The van der Waals surface area contributed by atoms with Crippen LogP contribution in [-0.4, -0.2) is 27.4 Å². The molecular weight excluding hydrogens is 1160 g/mol. The quantitative estimate of drug-likeness (QED) is 0.157. The Labute approximate surface area is 535 Å². The number of rotatable bonds is 7. The molecule has 0 spiro atoms. The summed E-state index contributed by atoms with van der Waals surface area (Å²) >= 11 is 0. The summed E-state index contributed by atoms with van der Waals surface area (Å²) in [4.78, 5) is 0. The summed E-state index contributed by atoms with van der Waals surface area (Å²) in [5, 5.41) is 25.4. The second kappa shape index (κ2) is 19.6. The van der Waals surface area contributed by atoms with Crippen LogP contribution >= 0.6 is 0 Å². The van der Waals surface area contributed by atoms with Crippen LogP contribution in [-0.2, 0) is 0 Å². The fourth-order valence-corrected chi connectivity index (χ4v) is 15.9. The van der Waals surface area contributed by atoms with E-state index < -0.39 is 11.6 Å². The van der Waals surface area contributed by atoms with Gasteiger partial charge in [0, 0.05) is 92.9 Å². The normalized spacial score (nSPS) is 12.1. The Hall–Kier alpha value is -12.8. The third-order valence-electron chi connectivity index (χ3n) is 19.8. The van der Waals surface area contributed by atoms with Gasteiger partial charge >= 0.3 is 0 Å². The number of para-hydroxylation sites is 8. The van der Waals surface area contributed by atoms with E-state index in [0.29, 0.717) is 11.4 Å². The molecule has 0 unspecified atom stereocenters. The highest BCUT2D eigenvalue weighted by molar-refractivity contribution is 6.17. The highest BCUT2D eigenvalue weighted by Gasteiger charge is 2.29. The van der Waals surface area contributed by atoms with E-state index in [9.17, 15) is 5.26 Å². The average Bonchev–Trinajstić information content (AvgIpc) is 1.62. The molecule has 0 saturated heterocycles. The molecule has 0 saturated carbocycles. The maximum atomic E-state index is 17.4. The van der Waals surface area contributed by atoms with Gasteiger partial charge in [0.15, 0.2) is 0 Å². The first-order chi connectivity index (χ1) is 46.5. The fraction of sp³-hybridized carbons (Fsp3) is 0. The van der Waals surface area contributed by atoms with Crippen molar-refractivity contribution in [3.8, 4) is 51.3 Å². The largest absolute Gasteiger partial charge is 0.309 e. The highest BCUT2D eigenvalue weighted by Crippen LogP contribution is 2.47. The first kappa shape index (κ1) is 52.0. The molecule has 0 N–H and O–H groups in total. The Morgan fingerprint density at radius 1 is 0.234 bits per heavy atom. The number of hydrogen-bond acceptors (Lipinski definition) is 1. The summed E-state index contributed by atoms with van der Waals surface area (Å²) in [5.41, 5.74) is 16.2. The summed E-state index contributed by atoms with van der Waals surface area (Å²) in [6, 6.07) is 105. The second-order valence-electron chi connectivity index (χ2n) is 24.5. The number of aromatic nitrogens is 6. The van der Waals surface area contributed by atoms with E-state index in [1.807, 2.05) is 12.1 Å². The summed E-state index contributed by atoms with van der Waals surface area (Å²) in [5.74, 6) is -1.50. The lowest BCUT2D eigenvalue weighted by molar-refractivity contribution is 0.589. The fourth-order valence-electron chi connectivity index (χ4n) is 15.9. The minimum atomic E-state index is -0.751. The Balaban J connectivity index is 0.947. The standard InChI is InChI=1S/C85H49F2N7/c86-69-26-17-27-70(87)84(69)67-44-45-79(93-80-46-51(89-71-28-9-1-18-55(71)56-19-2-10-29-72(56)89)36-40-63(80)64-41-37-52(47-81(64)93)90-73-30-11-3-20-57(73)58-21-4-12-31-74(58)90)68(50-88)85(67)94-82-48-53(91-75-32-13-5-22-59(75)60-23-6-14-33-76(60)91)38-42-65(82)66-43-39-54(49-83(66)94)92-77-34-15-7-24-61(77)62-25-8-16-35-78(62)92/h1-49H. The van der Waals surface area contributed by atoms with Gasteiger partial charge in [-0.25, -0.2) is 8.78 Å². The van der Waals surface area contributed by atoms with Crippen LogP contribution in [0.5, 0.6) is 0 Å². The van der Waals surface area contributed by atoms with E-state index in [0.717, 1.165) is 154 Å². The van der Waals surface area contributed by atoms with Gasteiger partial charge in [0.2, 0.25) is 0 Å². The molecular formula is C85H49F2N7. The maximum absolute atomic E-state index is 17.4. The van der Waals surface area contributed by atoms with Crippen LogP contribution in [0.2, 0.25) is 0 Å². The second-order valence-corrected chi connectivity index (χ2v) is 24.5. The van der Waals surface area contributed by atoms with Crippen molar-refractivity contribution in [1.82, 2.24) is 27.4 Å². The Bertz CT molecular complexity index is 6160. The Morgan fingerprint density at radius 3 is 0.766 bits per heavy atom. The van der Waals surface area contributed by atoms with Crippen LogP contribution in [0, 0.1) is 23.0 Å². The summed E-state index contributed by atoms with van der Waals surface area (Å²) in [6.45, 7) is 0. The molecule has 0 aliphatic heterocycles. The lowest BCUT2D eigenvalue weighted by Gasteiger charge is -2.21. The van der Waals surface area contributed by atoms with Crippen molar-refractivity contribution in [2.45, 2.75) is 0 Å². The van der Waals surface area contributed by atoms with Crippen molar-refractivity contribution in [3.05, 3.63) is 314 Å². The Morgan fingerprint density at radius 2 is 0.489 bits per heavy atom. The molecule has 6 aromatic heterocycles. The number of halogens is 2. The van der Waals surface area contributed by atoms with E-state index in [2.05, 4.69) is 300 Å². The summed E-state index contributed by atoms with van der Waals surface area (Å²) < 4.78 is 48.3. The van der Waals surface area contributed by atoms with Crippen molar-refractivity contribution in [1.29, 1.82) is 5.26 Å². The predicted molar refractivity (Wildman–Crippen MR) is 383 cm³/mol. The lowest BCUT2D eigenvalue weighted by atomic mass is 9.97. The van der Waals surface area contributed by atoms with Crippen LogP contribution in [0.4, 0.5) is 8.78 Å². The topological polar surface area (TPSA) is 53.4 Å². The van der Waals surface area contributed by atoms with E-state index in [4.69, 9.17) is 0 Å². The zero-order chi connectivity index (χ0) is 62.0. The van der Waals surface area contributed by atoms with Crippen molar-refractivity contribution in [2.75, 3.05) is 0 Å². The van der Waals surface area contributed by atoms with Gasteiger partial charge < -0.3 is 27.4 Å². The van der Waals surface area contributed by atoms with Crippen molar-refractivity contribution in [2.24, 2.45) is 0 Å². The monoisotopic (exact) mass is 1210 g/mol. The molecule has 0 atom stereocenters. The van der Waals surface area contributed by atoms with Gasteiger partial charge in [0.05, 0.1) is 83.1 Å². The first-order valence-corrected chi connectivity index (χ1v) is 31.6. The van der Waals surface area contributed by atoms with Gasteiger partial charge in [0.1, 0.15) is 23.3 Å². The Kier molecular flexibility index (Phi) is 10.9. The minimum absolute atomic E-state index is 0.215. The molecule has 0 aliphatic carbocycles. The SMILES string of the molecule is N#Cc1c(-n2c3cc(-n4c5ccccc5c5ccccc54)ccc3c3ccc(-n4c5ccccc5c5ccccc54)cc32)ccc(-c2c(F)cccc2F)c1-n1c2cc(-n3c4ccccc4c4ccccc43)ccc2c2ccc(-n3c4ccccc4c4ccccc43)cc21. The number of benzene rings is 14. The molecule has 0 radical (unpaired) electrons. The molecule has 20 aromatic rings. The number of hydrogen-bond donors (Lipinski definition) is 0. The number of nitrogens with zero attached hydrogens (tertiary/aromatic N) is 7. The summed E-state index contributed by atoms with van der Waals surface area (Å²) in [7, 11) is 0. The van der Waals surface area contributed by atoms with Gasteiger partial charge in [-0.1, -0.05) is 176 Å². The molecule has 6 heterocycles. The molecule has 9 heteroatoms. The van der Waals surface area contributed by atoms with Gasteiger partial charge in [-0.05, 0) is 121 Å². The molecule has 14 aromatic carbocycles. The van der Waals surface area contributed by atoms with Gasteiger partial charge in [-0.15, -0.1) is 0 Å². The molecule has 438 valence electrons. The van der Waals surface area contributed by atoms with Gasteiger partial charge in [0.25, 0.3) is 0 Å². The van der Waals surface area contributed by atoms with E-state index in [1.165, 1.54) is 18.2 Å². The van der Waals surface area contributed by atoms with Crippen molar-refractivity contribution in [3.63, 3.8) is 0 Å². The third-order valence-corrected chi connectivity index (χ3v) is 19.8. The third kappa shape index (κ3) is 7.16. The molecule has 0 aliphatic rings. The first-order valence-electron chi connectivity index (χ1n) is 31.6. The van der Waals surface area contributed by atoms with E-state index >= 15 is 8.78 Å². The van der Waals surface area contributed by atoms with E-state index in [1.54, 1.807) is 0 Å². The smallest absolute Gasteiger partial charge is 0.134 e. The molecule has 0 bridgehead atoms. The zero-order valence-electron chi connectivity index (χ0n) is 50.2. The maximum Gasteiger partial charge on any atom is 0.134 e. The van der Waals surface area contributed by atoms with Crippen LogP contribution in [0.25, 0.3) is 176 Å². The number of fused-ring (bicyclic) bond motifs is 18. The number of nitriles is 1. The molecule has 0 fully saturated rings. The highest BCUT2D eigenvalue weighted by atomic mass is 19.1. The minimum Gasteiger partial charge on any atom is -0.309 e. The van der Waals surface area contributed by atoms with Crippen molar-refractivity contribution < 1.29 is 8.78 Å². The van der Waals surface area contributed by atoms with Crippen LogP contribution in [0.1, 0.15) is 5.56 Å². The zero-order valence-corrected chi connectivity index (χ0v) is 50.2. The van der Waals surface area contributed by atoms with Crippen LogP contribution in [0.3, 0.4) is 0 Å². The predicted octanol–water partition coefficient (Wildman–Crippen LogP) is 22.1. The molecule has 94 heavy (non-hydrogen) atoms.